The van der Waals surface area contributed by atoms with Crippen LogP contribution in [-0.4, -0.2) is 31.1 Å². The largest absolute Gasteiger partial charge is 0.460 e. The Morgan fingerprint density at radius 3 is 2.56 bits per heavy atom. The van der Waals surface area contributed by atoms with Crippen molar-refractivity contribution in [3.05, 3.63) is 36.6 Å². The standard InChI is InChI=1S/C15H25NO2/c1-6-8-9-10-14(7-2)16(5)11-12-18-15(17)13(3)4/h6,10H,1,3,7-9,11-12H2,2,4-5H3/b14-10-. The maximum absolute atomic E-state index is 11.2. The van der Waals surface area contributed by atoms with E-state index in [0.29, 0.717) is 18.7 Å². The van der Waals surface area contributed by atoms with Crippen LogP contribution in [-0.2, 0) is 9.53 Å². The van der Waals surface area contributed by atoms with E-state index in [2.05, 4.69) is 31.1 Å². The van der Waals surface area contributed by atoms with Crippen LogP contribution in [0, 0.1) is 0 Å². The van der Waals surface area contributed by atoms with Gasteiger partial charge in [0.1, 0.15) is 6.61 Å². The second-order valence-corrected chi connectivity index (χ2v) is 4.25. The quantitative estimate of drug-likeness (QED) is 0.272. The minimum atomic E-state index is -0.322. The van der Waals surface area contributed by atoms with Crippen LogP contribution >= 0.6 is 0 Å². The van der Waals surface area contributed by atoms with Crippen molar-refractivity contribution in [1.29, 1.82) is 0 Å². The number of carbonyl (C=O) groups excluding carboxylic acids is 1. The van der Waals surface area contributed by atoms with Crippen LogP contribution < -0.4 is 0 Å². The third-order valence-electron chi connectivity index (χ3n) is 2.61. The zero-order chi connectivity index (χ0) is 14.0. The highest BCUT2D eigenvalue weighted by Crippen LogP contribution is 2.08. The summed E-state index contributed by atoms with van der Waals surface area (Å²) in [5, 5.41) is 0. The Hall–Kier alpha value is -1.51. The molecule has 102 valence electrons. The van der Waals surface area contributed by atoms with Crippen molar-refractivity contribution in [2.24, 2.45) is 0 Å². The second kappa shape index (κ2) is 9.51. The van der Waals surface area contributed by atoms with Gasteiger partial charge in [0.25, 0.3) is 0 Å². The highest BCUT2D eigenvalue weighted by atomic mass is 16.5. The van der Waals surface area contributed by atoms with Crippen LogP contribution in [0.25, 0.3) is 0 Å². The van der Waals surface area contributed by atoms with E-state index in [1.165, 1.54) is 5.70 Å². The van der Waals surface area contributed by atoms with Crippen LogP contribution in [0.4, 0.5) is 0 Å². The van der Waals surface area contributed by atoms with Crippen LogP contribution in [0.5, 0.6) is 0 Å². The van der Waals surface area contributed by atoms with E-state index in [1.807, 2.05) is 13.1 Å². The smallest absolute Gasteiger partial charge is 0.333 e. The molecule has 0 fully saturated rings. The van der Waals surface area contributed by atoms with Crippen molar-refractivity contribution in [2.45, 2.75) is 33.1 Å². The molecule has 0 spiro atoms. The Morgan fingerprint density at radius 1 is 1.39 bits per heavy atom. The molecule has 0 rings (SSSR count). The van der Waals surface area contributed by atoms with Gasteiger partial charge in [-0.2, -0.15) is 0 Å². The van der Waals surface area contributed by atoms with Crippen molar-refractivity contribution < 1.29 is 9.53 Å². The lowest BCUT2D eigenvalue weighted by Gasteiger charge is -2.21. The average Bonchev–Trinajstić information content (AvgIpc) is 2.34. The maximum atomic E-state index is 11.2. The van der Waals surface area contributed by atoms with Gasteiger partial charge < -0.3 is 9.64 Å². The number of esters is 1. The van der Waals surface area contributed by atoms with Crippen molar-refractivity contribution >= 4 is 5.97 Å². The Balaban J connectivity index is 4.08. The van der Waals surface area contributed by atoms with Crippen molar-refractivity contribution in [1.82, 2.24) is 4.90 Å². The van der Waals surface area contributed by atoms with Gasteiger partial charge in [0.2, 0.25) is 0 Å². The molecule has 3 nitrogen and oxygen atoms in total. The first-order valence-corrected chi connectivity index (χ1v) is 6.36. The summed E-state index contributed by atoms with van der Waals surface area (Å²) < 4.78 is 5.07. The third-order valence-corrected chi connectivity index (χ3v) is 2.61. The molecule has 0 aliphatic rings. The number of allylic oxidation sites excluding steroid dienone is 3. The SMILES string of the molecule is C=CCC/C=C(/CC)N(C)CCOC(=O)C(=C)C. The van der Waals surface area contributed by atoms with Gasteiger partial charge in [0, 0.05) is 18.3 Å². The number of nitrogens with zero attached hydrogens (tertiary/aromatic N) is 1. The first-order valence-electron chi connectivity index (χ1n) is 6.36. The molecule has 0 heterocycles. The van der Waals surface area contributed by atoms with E-state index in [4.69, 9.17) is 4.74 Å². The Bertz CT molecular complexity index is 318. The van der Waals surface area contributed by atoms with E-state index in [9.17, 15) is 4.79 Å². The van der Waals surface area contributed by atoms with Gasteiger partial charge in [0.15, 0.2) is 0 Å². The third kappa shape index (κ3) is 6.94. The lowest BCUT2D eigenvalue weighted by Crippen LogP contribution is -2.24. The van der Waals surface area contributed by atoms with E-state index >= 15 is 0 Å². The van der Waals surface area contributed by atoms with E-state index in [0.717, 1.165) is 19.3 Å². The molecule has 0 saturated heterocycles. The molecule has 0 bridgehead atoms. The Morgan fingerprint density at radius 2 is 2.06 bits per heavy atom. The van der Waals surface area contributed by atoms with E-state index in [1.54, 1.807) is 6.92 Å². The molecule has 0 N–H and O–H groups in total. The highest BCUT2D eigenvalue weighted by molar-refractivity contribution is 5.86. The molecular weight excluding hydrogens is 226 g/mol. The van der Waals surface area contributed by atoms with Gasteiger partial charge >= 0.3 is 5.97 Å². The summed E-state index contributed by atoms with van der Waals surface area (Å²) in [6.07, 6.45) is 7.09. The summed E-state index contributed by atoms with van der Waals surface area (Å²) in [6.45, 7) is 12.1. The summed E-state index contributed by atoms with van der Waals surface area (Å²) >= 11 is 0. The lowest BCUT2D eigenvalue weighted by molar-refractivity contribution is -0.139. The van der Waals surface area contributed by atoms with E-state index < -0.39 is 0 Å². The molecule has 18 heavy (non-hydrogen) atoms. The van der Waals surface area contributed by atoms with Crippen LogP contribution in [0.3, 0.4) is 0 Å². The zero-order valence-electron chi connectivity index (χ0n) is 11.9. The van der Waals surface area contributed by atoms with Crippen molar-refractivity contribution in [2.75, 3.05) is 20.2 Å². The molecule has 0 aromatic rings. The number of rotatable bonds is 9. The average molecular weight is 251 g/mol. The fourth-order valence-electron chi connectivity index (χ4n) is 1.48. The monoisotopic (exact) mass is 251 g/mol. The topological polar surface area (TPSA) is 29.5 Å². The summed E-state index contributed by atoms with van der Waals surface area (Å²) in [7, 11) is 2.01. The molecule has 0 aliphatic carbocycles. The van der Waals surface area contributed by atoms with Gasteiger partial charge in [-0.1, -0.05) is 25.7 Å². The number of likely N-dealkylation sites (N-methyl/N-ethyl adjacent to an activating group) is 1. The number of hydrogen-bond donors (Lipinski definition) is 0. The molecule has 0 radical (unpaired) electrons. The number of unbranched alkanes of at least 4 members (excludes halogenated alkanes) is 1. The molecule has 0 aromatic carbocycles. The lowest BCUT2D eigenvalue weighted by atomic mass is 10.2. The Kier molecular flexibility index (Phi) is 8.71. The number of carbonyl (C=O) groups is 1. The Labute approximate surface area is 111 Å². The zero-order valence-corrected chi connectivity index (χ0v) is 11.9. The molecule has 0 unspecified atom stereocenters. The number of hydrogen-bond acceptors (Lipinski definition) is 3. The van der Waals surface area contributed by atoms with E-state index in [-0.39, 0.29) is 5.97 Å². The normalized spacial score (nSPS) is 10.9. The summed E-state index contributed by atoms with van der Waals surface area (Å²) in [5.41, 5.74) is 1.71. The predicted octanol–water partition coefficient (Wildman–Crippen LogP) is 3.30. The molecule has 0 atom stereocenters. The van der Waals surface area contributed by atoms with Gasteiger partial charge in [-0.25, -0.2) is 4.79 Å². The van der Waals surface area contributed by atoms with Gasteiger partial charge in [-0.3, -0.25) is 0 Å². The fraction of sp³-hybridized carbons (Fsp3) is 0.533. The van der Waals surface area contributed by atoms with Crippen molar-refractivity contribution in [3.8, 4) is 0 Å². The van der Waals surface area contributed by atoms with Gasteiger partial charge in [0.05, 0.1) is 6.54 Å². The minimum absolute atomic E-state index is 0.322. The fourth-order valence-corrected chi connectivity index (χ4v) is 1.48. The summed E-state index contributed by atoms with van der Waals surface area (Å²) in [6, 6.07) is 0. The minimum Gasteiger partial charge on any atom is -0.460 e. The molecule has 0 saturated carbocycles. The second-order valence-electron chi connectivity index (χ2n) is 4.25. The highest BCUT2D eigenvalue weighted by Gasteiger charge is 2.05. The van der Waals surface area contributed by atoms with Crippen LogP contribution in [0.15, 0.2) is 36.6 Å². The maximum Gasteiger partial charge on any atom is 0.333 e. The molecular formula is C15H25NO2. The number of ether oxygens (including phenoxy) is 1. The molecule has 3 heteroatoms. The van der Waals surface area contributed by atoms with Gasteiger partial charge in [-0.15, -0.1) is 6.58 Å². The van der Waals surface area contributed by atoms with Crippen molar-refractivity contribution in [3.63, 3.8) is 0 Å². The predicted molar refractivity (Wildman–Crippen MR) is 76.2 cm³/mol. The van der Waals surface area contributed by atoms with Crippen LogP contribution in [0.1, 0.15) is 33.1 Å². The first kappa shape index (κ1) is 16.5. The summed E-state index contributed by atoms with van der Waals surface area (Å²) in [5.74, 6) is -0.322. The molecule has 0 aliphatic heterocycles. The molecule has 0 aromatic heterocycles. The molecule has 0 amide bonds. The first-order chi connectivity index (χ1) is 8.52. The van der Waals surface area contributed by atoms with Gasteiger partial charge in [-0.05, 0) is 26.2 Å². The summed E-state index contributed by atoms with van der Waals surface area (Å²) in [4.78, 5) is 13.3. The van der Waals surface area contributed by atoms with Crippen LogP contribution in [0.2, 0.25) is 0 Å².